The molecule has 0 amide bonds. The van der Waals surface area contributed by atoms with Crippen LogP contribution in [0.5, 0.6) is 0 Å². The smallest absolute Gasteiger partial charge is 0.388 e. The van der Waals surface area contributed by atoms with Crippen molar-refractivity contribution >= 4 is 32.8 Å². The van der Waals surface area contributed by atoms with Gasteiger partial charge < -0.3 is 55.6 Å². The number of rotatable bonds is 8. The van der Waals surface area contributed by atoms with E-state index in [9.17, 15) is 54.4 Å². The second-order valence-corrected chi connectivity index (χ2v) is 11.8. The number of hydrogen-bond donors (Lipinski definition) is 10. The summed E-state index contributed by atoms with van der Waals surface area (Å²) >= 11 is 0. The van der Waals surface area contributed by atoms with Gasteiger partial charge in [-0.2, -0.15) is 14.2 Å². The molecule has 2 aromatic rings. The predicted octanol–water partition coefficient (Wildman–Crippen LogP) is -4.35. The van der Waals surface area contributed by atoms with E-state index in [0.717, 1.165) is 17.8 Å². The van der Waals surface area contributed by atoms with Crippen LogP contribution in [-0.4, -0.2) is 115 Å². The van der Waals surface area contributed by atoms with Crippen molar-refractivity contribution in [2.24, 2.45) is 0 Å². The first-order chi connectivity index (χ1) is 18.4. The van der Waals surface area contributed by atoms with E-state index in [2.05, 4.69) is 33.3 Å². The molecule has 2 saturated heterocycles. The lowest BCUT2D eigenvalue weighted by molar-refractivity contribution is -0.551. The molecular weight excluding hydrogens is 596 g/mol. The van der Waals surface area contributed by atoms with Crippen molar-refractivity contribution in [2.45, 2.75) is 61.3 Å². The Kier molecular flexibility index (Phi) is 8.06. The predicted molar refractivity (Wildman–Crippen MR) is 121 cm³/mol. The van der Waals surface area contributed by atoms with Crippen molar-refractivity contribution in [3.63, 3.8) is 0 Å². The third-order valence-electron chi connectivity index (χ3n) is 6.19. The van der Waals surface area contributed by atoms with Crippen LogP contribution in [0, 0.1) is 0 Å². The molecule has 22 nitrogen and oxygen atoms in total. The van der Waals surface area contributed by atoms with Gasteiger partial charge >= 0.3 is 21.6 Å². The summed E-state index contributed by atoms with van der Waals surface area (Å²) in [6, 6.07) is 0. The van der Waals surface area contributed by atoms with Gasteiger partial charge in [-0.3, -0.25) is 18.9 Å². The molecule has 0 aliphatic carbocycles. The zero-order chi connectivity index (χ0) is 30.0. The number of aromatic nitrogens is 4. The van der Waals surface area contributed by atoms with E-state index in [4.69, 9.17) is 15.2 Å². The van der Waals surface area contributed by atoms with Crippen molar-refractivity contribution < 1.29 is 77.4 Å². The molecule has 24 heteroatoms. The normalized spacial score (nSPS) is 39.7. The molecule has 4 rings (SSSR count). The molecule has 2 fully saturated rings. The quantitative estimate of drug-likeness (QED) is 0.0576. The first-order valence-electron chi connectivity index (χ1n) is 10.9. The number of nitrogens with two attached hydrogens (primary N) is 1. The molecule has 0 radical (unpaired) electrons. The minimum Gasteiger partial charge on any atom is -0.388 e. The second kappa shape index (κ2) is 10.4. The molecule has 4 heterocycles. The standard InChI is InChI=1S/C16H25N5O17P2/c1-4-6(22)9(25)15(27,16(28,35-4)36-37-40(31,32)38-39(29,30)33-2)10-7(23)8(24)13(34-10)21-3-18-5-11(21)19-14(17)20-12(5)26/h3-4,6-10,13,22-25,27-28H,1-2H3,(H,29,30)(H,31,32)(H3,17,19,20,26)/t4-,6+,7?,8?,9+,10?,13?,15+,16+/m0/s1. The molecule has 2 aliphatic heterocycles. The summed E-state index contributed by atoms with van der Waals surface area (Å²) in [6.07, 6.45) is -13.8. The third-order valence-corrected chi connectivity index (χ3v) is 8.56. The molecule has 0 saturated carbocycles. The molecule has 2 aromatic heterocycles. The molecular formula is C16H25N5O17P2. The zero-order valence-corrected chi connectivity index (χ0v) is 22.0. The van der Waals surface area contributed by atoms with Crippen LogP contribution in [0.2, 0.25) is 0 Å². The van der Waals surface area contributed by atoms with Gasteiger partial charge in [-0.05, 0) is 6.92 Å². The molecule has 0 spiro atoms. The van der Waals surface area contributed by atoms with Gasteiger partial charge in [-0.25, -0.2) is 14.1 Å². The number of phosphoric acid groups is 2. The Morgan fingerprint density at radius 1 is 1.12 bits per heavy atom. The fourth-order valence-electron chi connectivity index (χ4n) is 4.21. The molecule has 40 heavy (non-hydrogen) atoms. The fourth-order valence-corrected chi connectivity index (χ4v) is 5.83. The van der Waals surface area contributed by atoms with Gasteiger partial charge in [-0.1, -0.05) is 0 Å². The molecule has 2 aliphatic rings. The first kappa shape index (κ1) is 31.0. The summed E-state index contributed by atoms with van der Waals surface area (Å²) in [5.41, 5.74) is 0.626. The van der Waals surface area contributed by atoms with E-state index in [1.165, 1.54) is 0 Å². The van der Waals surface area contributed by atoms with Crippen molar-refractivity contribution in [1.29, 1.82) is 0 Å². The largest absolute Gasteiger partial charge is 0.508 e. The Labute approximate surface area is 221 Å². The van der Waals surface area contributed by atoms with E-state index in [1.54, 1.807) is 0 Å². The Bertz CT molecular complexity index is 1420. The van der Waals surface area contributed by atoms with Crippen molar-refractivity contribution in [1.82, 2.24) is 19.5 Å². The highest BCUT2D eigenvalue weighted by Gasteiger charge is 2.73. The first-order valence-corrected chi connectivity index (χ1v) is 13.9. The summed E-state index contributed by atoms with van der Waals surface area (Å²) in [5.74, 6) is -4.21. The number of aliphatic hydroxyl groups excluding tert-OH is 4. The number of nitrogens with one attached hydrogen (secondary N) is 1. The number of anilines is 1. The van der Waals surface area contributed by atoms with E-state index >= 15 is 0 Å². The average Bonchev–Trinajstić information content (AvgIpc) is 3.41. The Balaban J connectivity index is 1.72. The molecule has 6 unspecified atom stereocenters. The lowest BCUT2D eigenvalue weighted by atomic mass is 9.78. The molecule has 11 atom stereocenters. The maximum atomic E-state index is 12.1. The van der Waals surface area contributed by atoms with E-state index in [1.807, 2.05) is 0 Å². The van der Waals surface area contributed by atoms with E-state index in [-0.39, 0.29) is 17.1 Å². The summed E-state index contributed by atoms with van der Waals surface area (Å²) in [4.78, 5) is 45.3. The van der Waals surface area contributed by atoms with Crippen molar-refractivity contribution in [2.75, 3.05) is 12.8 Å². The lowest BCUT2D eigenvalue weighted by Gasteiger charge is -2.52. The second-order valence-electron chi connectivity index (χ2n) is 8.73. The number of fused-ring (bicyclic) bond motifs is 1. The Morgan fingerprint density at radius 2 is 1.77 bits per heavy atom. The number of nitrogens with zero attached hydrogens (tertiary/aromatic N) is 3. The number of ether oxygens (including phenoxy) is 2. The van der Waals surface area contributed by atoms with Crippen LogP contribution in [0.3, 0.4) is 0 Å². The van der Waals surface area contributed by atoms with Crippen LogP contribution in [0.25, 0.3) is 11.2 Å². The van der Waals surface area contributed by atoms with E-state index < -0.39 is 75.6 Å². The van der Waals surface area contributed by atoms with Crippen molar-refractivity contribution in [3.8, 4) is 0 Å². The Morgan fingerprint density at radius 3 is 2.40 bits per heavy atom. The maximum absolute atomic E-state index is 12.1. The topological polar surface area (TPSA) is 341 Å². The third kappa shape index (κ3) is 5.12. The summed E-state index contributed by atoms with van der Waals surface area (Å²) in [7, 11) is -10.3. The minimum absolute atomic E-state index is 0.265. The number of H-pyrrole nitrogens is 1. The monoisotopic (exact) mass is 621 g/mol. The summed E-state index contributed by atoms with van der Waals surface area (Å²) < 4.78 is 46.8. The van der Waals surface area contributed by atoms with Gasteiger partial charge in [0.2, 0.25) is 11.5 Å². The minimum atomic E-state index is -5.77. The lowest BCUT2D eigenvalue weighted by Crippen LogP contribution is -2.78. The highest BCUT2D eigenvalue weighted by atomic mass is 31.3. The maximum Gasteiger partial charge on any atom is 0.508 e. The number of aromatic amines is 1. The highest BCUT2D eigenvalue weighted by Crippen LogP contribution is 2.61. The number of nitrogen functional groups attached to an aromatic ring is 1. The van der Waals surface area contributed by atoms with Gasteiger partial charge in [0.05, 0.1) is 12.4 Å². The SMILES string of the molecule is COP(=O)(O)OP(=O)(O)OO[C@]1(O)O[C@@H](C)[C@@H](O)[C@@H](O)[C@@]1(O)C1OC(n2cnc3c(=O)[nH]c(N)nc32)C(O)C1O. The van der Waals surface area contributed by atoms with Crippen LogP contribution in [0.1, 0.15) is 13.2 Å². The van der Waals surface area contributed by atoms with Gasteiger partial charge in [0, 0.05) is 7.11 Å². The summed E-state index contributed by atoms with van der Waals surface area (Å²) in [6.45, 7) is 1.04. The van der Waals surface area contributed by atoms with Crippen LogP contribution in [0.15, 0.2) is 11.1 Å². The van der Waals surface area contributed by atoms with Gasteiger partial charge in [0.25, 0.3) is 5.56 Å². The zero-order valence-electron chi connectivity index (χ0n) is 20.2. The van der Waals surface area contributed by atoms with Gasteiger partial charge in [-0.15, -0.1) is 4.67 Å². The van der Waals surface area contributed by atoms with Gasteiger partial charge in [0.1, 0.15) is 30.5 Å². The van der Waals surface area contributed by atoms with E-state index in [0.29, 0.717) is 7.11 Å². The van der Waals surface area contributed by atoms with Gasteiger partial charge in [0.15, 0.2) is 17.4 Å². The number of hydrogen-bond acceptors (Lipinski definition) is 18. The Hall–Kier alpha value is -1.95. The molecule has 0 aromatic carbocycles. The van der Waals surface area contributed by atoms with Crippen LogP contribution in [-0.2, 0) is 37.0 Å². The average molecular weight is 621 g/mol. The van der Waals surface area contributed by atoms with Crippen LogP contribution in [0.4, 0.5) is 5.95 Å². The molecule has 226 valence electrons. The fraction of sp³-hybridized carbons (Fsp3) is 0.688. The number of aliphatic hydroxyl groups is 6. The number of phosphoric ester groups is 1. The number of imidazole rings is 1. The van der Waals surface area contributed by atoms with Crippen LogP contribution >= 0.6 is 15.6 Å². The van der Waals surface area contributed by atoms with Crippen molar-refractivity contribution in [3.05, 3.63) is 16.7 Å². The summed E-state index contributed by atoms with van der Waals surface area (Å²) in [5, 5.41) is 65.2. The van der Waals surface area contributed by atoms with Crippen LogP contribution < -0.4 is 11.3 Å². The highest BCUT2D eigenvalue weighted by molar-refractivity contribution is 7.61. The molecule has 11 N–H and O–H groups in total. The molecule has 0 bridgehead atoms.